The molecule has 0 radical (unpaired) electrons. The summed E-state index contributed by atoms with van der Waals surface area (Å²) in [5, 5.41) is 14.8. The van der Waals surface area contributed by atoms with Crippen LogP contribution < -0.4 is 21.3 Å². The number of nitrogens with one attached hydrogen (secondary N) is 4. The summed E-state index contributed by atoms with van der Waals surface area (Å²) in [5.41, 5.74) is 0. The van der Waals surface area contributed by atoms with E-state index in [2.05, 4.69) is 40.9 Å². The van der Waals surface area contributed by atoms with Gasteiger partial charge in [-0.2, -0.15) is 0 Å². The maximum absolute atomic E-state index is 5.41. The molecule has 0 aromatic heterocycles. The monoisotopic (exact) mass is 372 g/mol. The van der Waals surface area contributed by atoms with Crippen LogP contribution in [-0.4, -0.2) is 96.0 Å². The van der Waals surface area contributed by atoms with E-state index in [0.29, 0.717) is 0 Å². The Bertz CT molecular complexity index is 376. The van der Waals surface area contributed by atoms with Gasteiger partial charge in [-0.25, -0.2) is 0 Å². The number of hydrogen-bond donors (Lipinski definition) is 4. The Morgan fingerprint density at radius 3 is 1.12 bits per heavy atom. The van der Waals surface area contributed by atoms with Crippen LogP contribution in [0, 0.1) is 0 Å². The van der Waals surface area contributed by atoms with E-state index in [1.165, 1.54) is 0 Å². The lowest BCUT2D eigenvalue weighted by Gasteiger charge is -2.38. The van der Waals surface area contributed by atoms with Crippen LogP contribution in [0.4, 0.5) is 0 Å². The number of thiocarbonyl (C=S) groups is 2. The molecule has 0 aliphatic carbocycles. The summed E-state index contributed by atoms with van der Waals surface area (Å²) < 4.78 is 0. The summed E-state index contributed by atoms with van der Waals surface area (Å²) >= 11 is 10.8. The molecule has 4 unspecified atom stereocenters. The van der Waals surface area contributed by atoms with Gasteiger partial charge in [-0.1, -0.05) is 0 Å². The highest BCUT2D eigenvalue weighted by Gasteiger charge is 2.19. The zero-order valence-electron chi connectivity index (χ0n) is 14.1. The van der Waals surface area contributed by atoms with Gasteiger partial charge in [0.15, 0.2) is 10.2 Å². The average Bonchev–Trinajstić information content (AvgIpc) is 2.61. The molecular weight excluding hydrogens is 344 g/mol. The van der Waals surface area contributed by atoms with E-state index < -0.39 is 0 Å². The maximum Gasteiger partial charge on any atom is 0.168 e. The highest BCUT2D eigenvalue weighted by atomic mass is 32.1. The van der Waals surface area contributed by atoms with Crippen molar-refractivity contribution in [2.75, 3.05) is 66.2 Å². The van der Waals surface area contributed by atoms with Gasteiger partial charge in [0, 0.05) is 26.2 Å². The van der Waals surface area contributed by atoms with Crippen molar-refractivity contribution in [3.8, 4) is 0 Å². The van der Waals surface area contributed by atoms with Crippen LogP contribution in [0.3, 0.4) is 0 Å². The van der Waals surface area contributed by atoms with Gasteiger partial charge >= 0.3 is 0 Å². The van der Waals surface area contributed by atoms with Crippen molar-refractivity contribution >= 4 is 34.7 Å². The van der Waals surface area contributed by atoms with E-state index in [9.17, 15) is 0 Å². The molecule has 3 aliphatic rings. The first kappa shape index (κ1) is 18.0. The molecule has 3 aliphatic heterocycles. The first-order valence-electron chi connectivity index (χ1n) is 8.62. The first-order chi connectivity index (χ1) is 11.7. The molecule has 0 spiro atoms. The number of nitrogens with zero attached hydrogens (tertiary/aromatic N) is 4. The molecule has 0 saturated carbocycles. The van der Waals surface area contributed by atoms with Crippen LogP contribution >= 0.6 is 24.4 Å². The first-order valence-corrected chi connectivity index (χ1v) is 9.43. The topological polar surface area (TPSA) is 61.1 Å². The second-order valence-corrected chi connectivity index (χ2v) is 7.38. The third-order valence-electron chi connectivity index (χ3n) is 4.55. The molecule has 4 atom stereocenters. The molecule has 3 heterocycles. The standard InChI is InChI=1S/C14H28N8S2/c23-13-15-7-19-3-1-4-20(11-19)8-16-14(24)18-10-22-6-2-5-21(12-22)9-17-13/h1-12H2,(H2,15,17,23)(H2,16,18,24). The minimum absolute atomic E-state index is 0.730. The van der Waals surface area contributed by atoms with Crippen LogP contribution in [0.25, 0.3) is 0 Å². The molecule has 0 aromatic rings. The molecule has 136 valence electrons. The van der Waals surface area contributed by atoms with Crippen LogP contribution in [-0.2, 0) is 0 Å². The fourth-order valence-electron chi connectivity index (χ4n) is 3.26. The van der Waals surface area contributed by atoms with Crippen molar-refractivity contribution in [1.82, 2.24) is 40.9 Å². The Morgan fingerprint density at radius 2 is 0.833 bits per heavy atom. The van der Waals surface area contributed by atoms with Crippen molar-refractivity contribution < 1.29 is 0 Å². The zero-order valence-corrected chi connectivity index (χ0v) is 15.7. The largest absolute Gasteiger partial charge is 0.350 e. The Kier molecular flexibility index (Phi) is 6.81. The van der Waals surface area contributed by atoms with E-state index in [4.69, 9.17) is 24.4 Å². The zero-order chi connectivity index (χ0) is 16.8. The van der Waals surface area contributed by atoms with E-state index in [-0.39, 0.29) is 0 Å². The van der Waals surface area contributed by atoms with E-state index in [0.717, 1.165) is 89.3 Å². The highest BCUT2D eigenvalue weighted by Crippen LogP contribution is 2.05. The molecule has 0 amide bonds. The van der Waals surface area contributed by atoms with Gasteiger partial charge in [0.2, 0.25) is 0 Å². The predicted molar refractivity (Wildman–Crippen MR) is 103 cm³/mol. The fraction of sp³-hybridized carbons (Fsp3) is 0.857. The van der Waals surface area contributed by atoms with E-state index >= 15 is 0 Å². The van der Waals surface area contributed by atoms with Crippen LogP contribution in [0.5, 0.6) is 0 Å². The third kappa shape index (κ3) is 5.64. The predicted octanol–water partition coefficient (Wildman–Crippen LogP) is -1.31. The Balaban J connectivity index is 1.57. The highest BCUT2D eigenvalue weighted by molar-refractivity contribution is 7.80. The van der Waals surface area contributed by atoms with Gasteiger partial charge < -0.3 is 21.3 Å². The van der Waals surface area contributed by atoms with Gasteiger partial charge in [-0.15, -0.1) is 0 Å². The Labute approximate surface area is 154 Å². The molecule has 8 nitrogen and oxygen atoms in total. The van der Waals surface area contributed by atoms with Crippen molar-refractivity contribution in [3.63, 3.8) is 0 Å². The summed E-state index contributed by atoms with van der Waals surface area (Å²) in [4.78, 5) is 9.46. The summed E-state index contributed by atoms with van der Waals surface area (Å²) in [5.74, 6) is 0. The smallest absolute Gasteiger partial charge is 0.168 e. The molecule has 4 N–H and O–H groups in total. The average molecular weight is 373 g/mol. The van der Waals surface area contributed by atoms with Gasteiger partial charge in [0.25, 0.3) is 0 Å². The van der Waals surface area contributed by atoms with E-state index in [1.54, 1.807) is 0 Å². The minimum atomic E-state index is 0.730. The van der Waals surface area contributed by atoms with Crippen LogP contribution in [0.1, 0.15) is 12.8 Å². The lowest BCUT2D eigenvalue weighted by molar-refractivity contribution is 0.0753. The van der Waals surface area contributed by atoms with E-state index in [1.807, 2.05) is 0 Å². The molecular formula is C14H28N8S2. The minimum Gasteiger partial charge on any atom is -0.350 e. The molecule has 3 fully saturated rings. The van der Waals surface area contributed by atoms with Crippen molar-refractivity contribution in [2.24, 2.45) is 0 Å². The summed E-state index contributed by atoms with van der Waals surface area (Å²) in [7, 11) is 0. The summed E-state index contributed by atoms with van der Waals surface area (Å²) in [6, 6.07) is 0. The maximum atomic E-state index is 5.41. The molecule has 4 bridgehead atoms. The molecule has 0 aromatic carbocycles. The number of hydrogen-bond acceptors (Lipinski definition) is 6. The molecule has 10 heteroatoms. The second-order valence-electron chi connectivity index (χ2n) is 6.57. The summed E-state index contributed by atoms with van der Waals surface area (Å²) in [6.45, 7) is 9.31. The number of rotatable bonds is 0. The van der Waals surface area contributed by atoms with Crippen molar-refractivity contribution in [2.45, 2.75) is 12.8 Å². The van der Waals surface area contributed by atoms with Crippen LogP contribution in [0.15, 0.2) is 0 Å². The third-order valence-corrected chi connectivity index (χ3v) is 5.13. The SMILES string of the molecule is S=C1NCN2CCCN(CNC(=S)NCN3CCCN(CN1)C3)C2. The molecule has 24 heavy (non-hydrogen) atoms. The normalized spacial score (nSPS) is 35.8. The lowest BCUT2D eigenvalue weighted by Crippen LogP contribution is -2.56. The quantitative estimate of drug-likeness (QED) is 0.386. The lowest BCUT2D eigenvalue weighted by atomic mass is 10.3. The Hall–Kier alpha value is -0.780. The van der Waals surface area contributed by atoms with Gasteiger partial charge in [0.1, 0.15) is 0 Å². The van der Waals surface area contributed by atoms with Gasteiger partial charge in [0.05, 0.1) is 40.0 Å². The second kappa shape index (κ2) is 9.07. The van der Waals surface area contributed by atoms with Gasteiger partial charge in [-0.05, 0) is 37.3 Å². The fourth-order valence-corrected chi connectivity index (χ4v) is 3.52. The van der Waals surface area contributed by atoms with Crippen LogP contribution in [0.2, 0.25) is 0 Å². The van der Waals surface area contributed by atoms with Crippen molar-refractivity contribution in [1.29, 1.82) is 0 Å². The Morgan fingerprint density at radius 1 is 0.542 bits per heavy atom. The molecule has 3 rings (SSSR count). The molecule has 3 saturated heterocycles. The number of fused-ring (bicyclic) bond motifs is 4. The van der Waals surface area contributed by atoms with Crippen molar-refractivity contribution in [3.05, 3.63) is 0 Å². The summed E-state index contributed by atoms with van der Waals surface area (Å²) in [6.07, 6.45) is 2.32. The van der Waals surface area contributed by atoms with Gasteiger partial charge in [-0.3, -0.25) is 19.6 Å².